The number of aromatic nitrogens is 4. The molecule has 3 rings (SSSR count). The fraction of sp³-hybridized carbons (Fsp3) is 0.267. The van der Waals surface area contributed by atoms with Crippen LogP contribution in [0.2, 0.25) is 0 Å². The number of hydrogen-bond acceptors (Lipinski definition) is 5. The summed E-state index contributed by atoms with van der Waals surface area (Å²) in [7, 11) is 0. The summed E-state index contributed by atoms with van der Waals surface area (Å²) in [4.78, 5) is 16.2. The number of nitrogens with one attached hydrogen (secondary N) is 2. The molecule has 1 atom stereocenters. The van der Waals surface area contributed by atoms with Crippen molar-refractivity contribution in [1.29, 1.82) is 0 Å². The molecule has 6 nitrogen and oxygen atoms in total. The second-order valence-corrected chi connectivity index (χ2v) is 5.13. The third-order valence-electron chi connectivity index (χ3n) is 3.24. The lowest BCUT2D eigenvalue weighted by atomic mass is 10.1. The van der Waals surface area contributed by atoms with E-state index in [9.17, 15) is 0 Å². The molecule has 0 aliphatic rings. The third kappa shape index (κ3) is 2.71. The molecule has 3 aromatic rings. The van der Waals surface area contributed by atoms with Crippen molar-refractivity contribution < 1.29 is 0 Å². The van der Waals surface area contributed by atoms with E-state index in [2.05, 4.69) is 25.3 Å². The Balaban J connectivity index is 2.11. The molecule has 0 aromatic carbocycles. The van der Waals surface area contributed by atoms with Crippen LogP contribution in [0.3, 0.4) is 0 Å². The van der Waals surface area contributed by atoms with Crippen molar-refractivity contribution in [3.63, 3.8) is 0 Å². The van der Waals surface area contributed by atoms with Crippen molar-refractivity contribution >= 4 is 16.7 Å². The van der Waals surface area contributed by atoms with E-state index in [0.717, 1.165) is 33.8 Å². The van der Waals surface area contributed by atoms with E-state index in [4.69, 9.17) is 5.73 Å². The number of nitrogens with zero attached hydrogens (tertiary/aromatic N) is 3. The number of nitrogens with two attached hydrogens (primary N) is 1. The highest BCUT2D eigenvalue weighted by Crippen LogP contribution is 2.31. The quantitative estimate of drug-likeness (QED) is 0.681. The Bertz CT molecular complexity index is 762. The SMILES string of the molecule is Cc1nccc(-c2c[nH]c3nccc(NCC(C)N)c23)n1. The number of aryl methyl sites for hydroxylation is 1. The van der Waals surface area contributed by atoms with E-state index in [1.54, 1.807) is 12.4 Å². The standard InChI is InChI=1S/C15H18N6/c1-9(16)7-19-13-4-6-18-15-14(13)11(8-20-15)12-3-5-17-10(2)21-12/h3-6,8-9H,7,16H2,1-2H3,(H2,18,19,20). The summed E-state index contributed by atoms with van der Waals surface area (Å²) >= 11 is 0. The number of rotatable bonds is 4. The molecule has 0 radical (unpaired) electrons. The highest BCUT2D eigenvalue weighted by atomic mass is 14.9. The molecule has 108 valence electrons. The minimum atomic E-state index is 0.0805. The molecule has 0 amide bonds. The summed E-state index contributed by atoms with van der Waals surface area (Å²) in [6.45, 7) is 4.55. The smallest absolute Gasteiger partial charge is 0.140 e. The van der Waals surface area contributed by atoms with Crippen LogP contribution >= 0.6 is 0 Å². The van der Waals surface area contributed by atoms with Gasteiger partial charge in [0, 0.05) is 42.4 Å². The summed E-state index contributed by atoms with van der Waals surface area (Å²) in [5.41, 5.74) is 9.55. The normalized spacial score (nSPS) is 12.5. The highest BCUT2D eigenvalue weighted by molar-refractivity contribution is 6.01. The number of pyridine rings is 1. The number of H-pyrrole nitrogens is 1. The van der Waals surface area contributed by atoms with Gasteiger partial charge in [0.2, 0.25) is 0 Å². The van der Waals surface area contributed by atoms with E-state index < -0.39 is 0 Å². The van der Waals surface area contributed by atoms with Crippen molar-refractivity contribution in [3.8, 4) is 11.3 Å². The molecule has 21 heavy (non-hydrogen) atoms. The molecule has 0 bridgehead atoms. The Labute approximate surface area is 122 Å². The van der Waals surface area contributed by atoms with Gasteiger partial charge in [0.1, 0.15) is 11.5 Å². The van der Waals surface area contributed by atoms with Gasteiger partial charge in [-0.25, -0.2) is 15.0 Å². The molecule has 0 saturated carbocycles. The highest BCUT2D eigenvalue weighted by Gasteiger charge is 2.12. The van der Waals surface area contributed by atoms with Gasteiger partial charge in [-0.1, -0.05) is 0 Å². The second kappa shape index (κ2) is 5.49. The van der Waals surface area contributed by atoms with Gasteiger partial charge in [0.15, 0.2) is 0 Å². The molecule has 0 saturated heterocycles. The minimum Gasteiger partial charge on any atom is -0.383 e. The van der Waals surface area contributed by atoms with Gasteiger partial charge >= 0.3 is 0 Å². The molecule has 6 heteroatoms. The number of anilines is 1. The zero-order valence-corrected chi connectivity index (χ0v) is 12.1. The van der Waals surface area contributed by atoms with Crippen LogP contribution in [-0.2, 0) is 0 Å². The maximum absolute atomic E-state index is 5.82. The molecule has 3 heterocycles. The van der Waals surface area contributed by atoms with Crippen molar-refractivity contribution in [2.75, 3.05) is 11.9 Å². The first kappa shape index (κ1) is 13.5. The monoisotopic (exact) mass is 282 g/mol. The van der Waals surface area contributed by atoms with Gasteiger partial charge in [0.25, 0.3) is 0 Å². The van der Waals surface area contributed by atoms with Crippen molar-refractivity contribution in [3.05, 3.63) is 36.5 Å². The zero-order valence-electron chi connectivity index (χ0n) is 12.1. The number of aromatic amines is 1. The van der Waals surface area contributed by atoms with Gasteiger partial charge in [-0.2, -0.15) is 0 Å². The zero-order chi connectivity index (χ0) is 14.8. The second-order valence-electron chi connectivity index (χ2n) is 5.13. The van der Waals surface area contributed by atoms with Crippen LogP contribution in [0.4, 0.5) is 5.69 Å². The Kier molecular flexibility index (Phi) is 3.53. The maximum Gasteiger partial charge on any atom is 0.140 e. The molecule has 0 spiro atoms. The van der Waals surface area contributed by atoms with Crippen LogP contribution in [0.5, 0.6) is 0 Å². The first-order chi connectivity index (χ1) is 10.1. The average molecular weight is 282 g/mol. The van der Waals surface area contributed by atoms with Crippen molar-refractivity contribution in [2.45, 2.75) is 19.9 Å². The van der Waals surface area contributed by atoms with E-state index >= 15 is 0 Å². The number of fused-ring (bicyclic) bond motifs is 1. The minimum absolute atomic E-state index is 0.0805. The molecule has 0 aliphatic carbocycles. The van der Waals surface area contributed by atoms with Crippen LogP contribution < -0.4 is 11.1 Å². The third-order valence-corrected chi connectivity index (χ3v) is 3.24. The molecule has 0 fully saturated rings. The summed E-state index contributed by atoms with van der Waals surface area (Å²) in [6.07, 6.45) is 5.47. The van der Waals surface area contributed by atoms with Crippen LogP contribution in [0.15, 0.2) is 30.7 Å². The first-order valence-corrected chi connectivity index (χ1v) is 6.90. The summed E-state index contributed by atoms with van der Waals surface area (Å²) in [6, 6.07) is 3.94. The Morgan fingerprint density at radius 2 is 2.10 bits per heavy atom. The lowest BCUT2D eigenvalue weighted by Crippen LogP contribution is -2.25. The molecule has 4 N–H and O–H groups in total. The molecule has 3 aromatic heterocycles. The van der Waals surface area contributed by atoms with Gasteiger partial charge < -0.3 is 16.0 Å². The molecule has 0 aliphatic heterocycles. The van der Waals surface area contributed by atoms with E-state index in [1.165, 1.54) is 0 Å². The topological polar surface area (TPSA) is 92.5 Å². The fourth-order valence-corrected chi connectivity index (χ4v) is 2.28. The average Bonchev–Trinajstić information content (AvgIpc) is 2.89. The van der Waals surface area contributed by atoms with Crippen LogP contribution in [0.1, 0.15) is 12.7 Å². The lowest BCUT2D eigenvalue weighted by Gasteiger charge is -2.11. The summed E-state index contributed by atoms with van der Waals surface area (Å²) in [5.74, 6) is 0.746. The predicted molar refractivity (Wildman–Crippen MR) is 84.0 cm³/mol. The van der Waals surface area contributed by atoms with E-state index in [-0.39, 0.29) is 6.04 Å². The molecular formula is C15H18N6. The fourth-order valence-electron chi connectivity index (χ4n) is 2.28. The number of hydrogen-bond donors (Lipinski definition) is 3. The van der Waals surface area contributed by atoms with E-state index in [0.29, 0.717) is 6.54 Å². The Morgan fingerprint density at radius 3 is 2.86 bits per heavy atom. The first-order valence-electron chi connectivity index (χ1n) is 6.90. The van der Waals surface area contributed by atoms with Gasteiger partial charge in [-0.05, 0) is 26.0 Å². The van der Waals surface area contributed by atoms with Gasteiger partial charge in [0.05, 0.1) is 11.1 Å². The van der Waals surface area contributed by atoms with Gasteiger partial charge in [-0.15, -0.1) is 0 Å². The van der Waals surface area contributed by atoms with Crippen LogP contribution in [0.25, 0.3) is 22.3 Å². The van der Waals surface area contributed by atoms with E-state index in [1.807, 2.05) is 32.2 Å². The molecular weight excluding hydrogens is 264 g/mol. The van der Waals surface area contributed by atoms with Crippen LogP contribution in [0, 0.1) is 6.92 Å². The Hall–Kier alpha value is -2.47. The van der Waals surface area contributed by atoms with Crippen LogP contribution in [-0.4, -0.2) is 32.5 Å². The molecule has 1 unspecified atom stereocenters. The Morgan fingerprint density at radius 1 is 1.29 bits per heavy atom. The summed E-state index contributed by atoms with van der Waals surface area (Å²) in [5, 5.41) is 4.39. The lowest BCUT2D eigenvalue weighted by molar-refractivity contribution is 0.781. The summed E-state index contributed by atoms with van der Waals surface area (Å²) < 4.78 is 0. The van der Waals surface area contributed by atoms with Crippen molar-refractivity contribution in [2.24, 2.45) is 5.73 Å². The predicted octanol–water partition coefficient (Wildman–Crippen LogP) is 2.09. The van der Waals surface area contributed by atoms with Gasteiger partial charge in [-0.3, -0.25) is 0 Å². The largest absolute Gasteiger partial charge is 0.383 e. The maximum atomic E-state index is 5.82. The van der Waals surface area contributed by atoms with Crippen molar-refractivity contribution in [1.82, 2.24) is 19.9 Å².